The van der Waals surface area contributed by atoms with E-state index < -0.39 is 0 Å². The van der Waals surface area contributed by atoms with Gasteiger partial charge in [-0.05, 0) is 35.4 Å². The van der Waals surface area contributed by atoms with Gasteiger partial charge in [0.25, 0.3) is 0 Å². The molecule has 0 aliphatic rings. The molecular weight excluding hydrogens is 333 g/mol. The molecule has 4 heteroatoms. The SMILES string of the molecule is Fc1ccc(CNC(=S)c2cccc(OCc3ccccc3)c2)cc1. The summed E-state index contributed by atoms with van der Waals surface area (Å²) in [7, 11) is 0. The van der Waals surface area contributed by atoms with Gasteiger partial charge in [0, 0.05) is 12.1 Å². The number of ether oxygens (including phenoxy) is 1. The highest BCUT2D eigenvalue weighted by Crippen LogP contribution is 2.16. The highest BCUT2D eigenvalue weighted by Gasteiger charge is 2.04. The van der Waals surface area contributed by atoms with Crippen molar-refractivity contribution in [3.05, 3.63) is 101 Å². The maximum absolute atomic E-state index is 12.9. The summed E-state index contributed by atoms with van der Waals surface area (Å²) in [5.74, 6) is 0.530. The van der Waals surface area contributed by atoms with E-state index >= 15 is 0 Å². The van der Waals surface area contributed by atoms with Gasteiger partial charge in [-0.25, -0.2) is 4.39 Å². The minimum Gasteiger partial charge on any atom is -0.489 e. The number of thiocarbonyl (C=S) groups is 1. The number of hydrogen-bond acceptors (Lipinski definition) is 2. The van der Waals surface area contributed by atoms with Crippen molar-refractivity contribution in [3.8, 4) is 5.75 Å². The van der Waals surface area contributed by atoms with Crippen molar-refractivity contribution in [3.63, 3.8) is 0 Å². The Labute approximate surface area is 152 Å². The maximum Gasteiger partial charge on any atom is 0.123 e. The van der Waals surface area contributed by atoms with Crippen molar-refractivity contribution < 1.29 is 9.13 Å². The Morgan fingerprint density at radius 3 is 2.40 bits per heavy atom. The Morgan fingerprint density at radius 2 is 1.64 bits per heavy atom. The van der Waals surface area contributed by atoms with E-state index in [2.05, 4.69) is 5.32 Å². The highest BCUT2D eigenvalue weighted by atomic mass is 32.1. The van der Waals surface area contributed by atoms with Crippen molar-refractivity contribution in [1.82, 2.24) is 5.32 Å². The van der Waals surface area contributed by atoms with E-state index in [9.17, 15) is 4.39 Å². The zero-order valence-electron chi connectivity index (χ0n) is 13.6. The van der Waals surface area contributed by atoms with Crippen LogP contribution in [-0.2, 0) is 13.2 Å². The average Bonchev–Trinajstić information content (AvgIpc) is 2.67. The lowest BCUT2D eigenvalue weighted by Crippen LogP contribution is -2.21. The van der Waals surface area contributed by atoms with E-state index in [0.717, 1.165) is 22.4 Å². The Bertz CT molecular complexity index is 834. The quantitative estimate of drug-likeness (QED) is 0.640. The molecular formula is C21H18FNOS. The second kappa shape index (κ2) is 8.40. The Kier molecular flexibility index (Phi) is 5.75. The molecule has 0 aromatic heterocycles. The minimum absolute atomic E-state index is 0.241. The van der Waals surface area contributed by atoms with E-state index in [0.29, 0.717) is 18.1 Å². The van der Waals surface area contributed by atoms with Crippen LogP contribution in [0.5, 0.6) is 5.75 Å². The number of hydrogen-bond donors (Lipinski definition) is 1. The predicted octanol–water partition coefficient (Wildman–Crippen LogP) is 4.87. The molecule has 2 nitrogen and oxygen atoms in total. The second-order valence-corrected chi connectivity index (χ2v) is 6.02. The molecule has 25 heavy (non-hydrogen) atoms. The van der Waals surface area contributed by atoms with E-state index in [4.69, 9.17) is 17.0 Å². The summed E-state index contributed by atoms with van der Waals surface area (Å²) < 4.78 is 18.8. The third kappa shape index (κ3) is 5.13. The summed E-state index contributed by atoms with van der Waals surface area (Å²) in [4.78, 5) is 0.634. The van der Waals surface area contributed by atoms with Crippen LogP contribution in [-0.4, -0.2) is 4.99 Å². The third-order valence-corrected chi connectivity index (χ3v) is 4.09. The summed E-state index contributed by atoms with van der Waals surface area (Å²) in [5, 5.41) is 3.19. The van der Waals surface area contributed by atoms with Crippen LogP contribution in [0.1, 0.15) is 16.7 Å². The minimum atomic E-state index is -0.241. The first kappa shape index (κ1) is 17.1. The lowest BCUT2D eigenvalue weighted by Gasteiger charge is -2.11. The lowest BCUT2D eigenvalue weighted by atomic mass is 10.2. The van der Waals surface area contributed by atoms with Gasteiger partial charge in [0.15, 0.2) is 0 Å². The number of benzene rings is 3. The molecule has 3 rings (SSSR count). The fraction of sp³-hybridized carbons (Fsp3) is 0.0952. The molecule has 0 bridgehead atoms. The molecule has 0 unspecified atom stereocenters. The second-order valence-electron chi connectivity index (χ2n) is 5.61. The number of nitrogens with one attached hydrogen (secondary N) is 1. The molecule has 0 saturated carbocycles. The van der Waals surface area contributed by atoms with Crippen molar-refractivity contribution in [1.29, 1.82) is 0 Å². The normalized spacial score (nSPS) is 10.3. The van der Waals surface area contributed by atoms with Crippen LogP contribution in [0.25, 0.3) is 0 Å². The maximum atomic E-state index is 12.9. The molecule has 3 aromatic carbocycles. The van der Waals surface area contributed by atoms with Crippen LogP contribution in [0.4, 0.5) is 4.39 Å². The molecule has 0 aliphatic heterocycles. The lowest BCUT2D eigenvalue weighted by molar-refractivity contribution is 0.306. The van der Waals surface area contributed by atoms with Crippen LogP contribution < -0.4 is 10.1 Å². The topological polar surface area (TPSA) is 21.3 Å². The van der Waals surface area contributed by atoms with Crippen LogP contribution in [0.3, 0.4) is 0 Å². The van der Waals surface area contributed by atoms with E-state index in [1.165, 1.54) is 12.1 Å². The summed E-state index contributed by atoms with van der Waals surface area (Å²) >= 11 is 5.44. The Hall–Kier alpha value is -2.72. The van der Waals surface area contributed by atoms with Gasteiger partial charge in [0.2, 0.25) is 0 Å². The van der Waals surface area contributed by atoms with E-state index in [1.807, 2.05) is 54.6 Å². The monoisotopic (exact) mass is 351 g/mol. The molecule has 0 spiro atoms. The zero-order valence-corrected chi connectivity index (χ0v) is 14.4. The molecule has 0 heterocycles. The first-order chi connectivity index (χ1) is 12.2. The smallest absolute Gasteiger partial charge is 0.123 e. The van der Waals surface area contributed by atoms with Gasteiger partial charge in [-0.1, -0.05) is 66.8 Å². The van der Waals surface area contributed by atoms with Crippen LogP contribution in [0.15, 0.2) is 78.9 Å². The fourth-order valence-electron chi connectivity index (χ4n) is 2.35. The van der Waals surface area contributed by atoms with E-state index in [1.54, 1.807) is 12.1 Å². The largest absolute Gasteiger partial charge is 0.489 e. The third-order valence-electron chi connectivity index (χ3n) is 3.71. The molecule has 0 aliphatic carbocycles. The van der Waals surface area contributed by atoms with Gasteiger partial charge in [-0.2, -0.15) is 0 Å². The first-order valence-corrected chi connectivity index (χ1v) is 8.41. The predicted molar refractivity (Wildman–Crippen MR) is 102 cm³/mol. The van der Waals surface area contributed by atoms with E-state index in [-0.39, 0.29) is 5.82 Å². The molecule has 3 aromatic rings. The molecule has 0 radical (unpaired) electrons. The molecule has 1 N–H and O–H groups in total. The van der Waals surface area contributed by atoms with Crippen molar-refractivity contribution in [2.75, 3.05) is 0 Å². The number of rotatable bonds is 6. The highest BCUT2D eigenvalue weighted by molar-refractivity contribution is 7.80. The van der Waals surface area contributed by atoms with Gasteiger partial charge in [0.1, 0.15) is 23.2 Å². The average molecular weight is 351 g/mol. The summed E-state index contributed by atoms with van der Waals surface area (Å²) in [6, 6.07) is 24.1. The van der Waals surface area contributed by atoms with Crippen molar-refractivity contribution in [2.24, 2.45) is 0 Å². The zero-order chi connectivity index (χ0) is 17.5. The van der Waals surface area contributed by atoms with Crippen molar-refractivity contribution in [2.45, 2.75) is 13.2 Å². The Balaban J connectivity index is 1.58. The van der Waals surface area contributed by atoms with Gasteiger partial charge in [-0.15, -0.1) is 0 Å². The van der Waals surface area contributed by atoms with Gasteiger partial charge < -0.3 is 10.1 Å². The fourth-order valence-corrected chi connectivity index (χ4v) is 2.55. The molecule has 0 saturated heterocycles. The first-order valence-electron chi connectivity index (χ1n) is 8.00. The molecule has 126 valence electrons. The van der Waals surface area contributed by atoms with Crippen molar-refractivity contribution >= 4 is 17.2 Å². The summed E-state index contributed by atoms with van der Waals surface area (Å²) in [5.41, 5.74) is 2.98. The van der Waals surface area contributed by atoms with Crippen LogP contribution in [0, 0.1) is 5.82 Å². The van der Waals surface area contributed by atoms with Crippen LogP contribution in [0.2, 0.25) is 0 Å². The molecule has 0 amide bonds. The molecule has 0 atom stereocenters. The summed E-state index contributed by atoms with van der Waals surface area (Å²) in [6.45, 7) is 1.06. The standard InChI is InChI=1S/C21H18FNOS/c22-19-11-9-16(10-12-19)14-23-21(25)18-7-4-8-20(13-18)24-15-17-5-2-1-3-6-17/h1-13H,14-15H2,(H,23,25). The van der Waals surface area contributed by atoms with Gasteiger partial charge in [0.05, 0.1) is 0 Å². The molecule has 0 fully saturated rings. The number of halogens is 1. The van der Waals surface area contributed by atoms with Crippen LogP contribution >= 0.6 is 12.2 Å². The van der Waals surface area contributed by atoms with Gasteiger partial charge >= 0.3 is 0 Å². The summed E-state index contributed by atoms with van der Waals surface area (Å²) in [6.07, 6.45) is 0. The Morgan fingerprint density at radius 1 is 0.880 bits per heavy atom. The van der Waals surface area contributed by atoms with Gasteiger partial charge in [-0.3, -0.25) is 0 Å².